The lowest BCUT2D eigenvalue weighted by molar-refractivity contribution is 0.0312. The van der Waals surface area contributed by atoms with Gasteiger partial charge in [-0.2, -0.15) is 0 Å². The van der Waals surface area contributed by atoms with Gasteiger partial charge in [0.2, 0.25) is 0 Å². The van der Waals surface area contributed by atoms with Crippen molar-refractivity contribution in [3.8, 4) is 0 Å². The Bertz CT molecular complexity index is 843. The van der Waals surface area contributed by atoms with Crippen molar-refractivity contribution in [3.05, 3.63) is 57.4 Å². The van der Waals surface area contributed by atoms with Gasteiger partial charge in [0.1, 0.15) is 12.3 Å². The maximum atomic E-state index is 12.7. The van der Waals surface area contributed by atoms with Crippen molar-refractivity contribution in [3.63, 3.8) is 0 Å². The first-order valence-corrected chi connectivity index (χ1v) is 9.64. The van der Waals surface area contributed by atoms with Gasteiger partial charge in [0.15, 0.2) is 5.78 Å². The molecule has 27 heavy (non-hydrogen) atoms. The van der Waals surface area contributed by atoms with E-state index in [1.165, 1.54) is 0 Å². The van der Waals surface area contributed by atoms with Crippen LogP contribution in [0.5, 0.6) is 0 Å². The number of ether oxygens (including phenoxy) is 2. The summed E-state index contributed by atoms with van der Waals surface area (Å²) in [6, 6.07) is 7.58. The van der Waals surface area contributed by atoms with Crippen LogP contribution in [0.3, 0.4) is 0 Å². The van der Waals surface area contributed by atoms with E-state index < -0.39 is 5.97 Å². The molecular formula is C21H24ClNO4. The molecule has 3 rings (SSSR count). The highest BCUT2D eigenvalue weighted by atomic mass is 35.5. The molecule has 0 saturated carbocycles. The Kier molecular flexibility index (Phi) is 6.34. The van der Waals surface area contributed by atoms with Crippen LogP contribution in [0.2, 0.25) is 5.02 Å². The minimum absolute atomic E-state index is 0.00284. The summed E-state index contributed by atoms with van der Waals surface area (Å²) in [5.41, 5.74) is 3.37. The molecule has 0 fully saturated rings. The van der Waals surface area contributed by atoms with Crippen LogP contribution in [-0.2, 0) is 15.9 Å². The van der Waals surface area contributed by atoms with E-state index in [9.17, 15) is 9.59 Å². The van der Waals surface area contributed by atoms with Crippen LogP contribution in [0, 0.1) is 6.92 Å². The fraction of sp³-hybridized carbons (Fsp3) is 0.429. The van der Waals surface area contributed by atoms with Gasteiger partial charge >= 0.3 is 5.97 Å². The first-order chi connectivity index (χ1) is 13.0. The average molecular weight is 390 g/mol. The van der Waals surface area contributed by atoms with Gasteiger partial charge in [0, 0.05) is 29.3 Å². The maximum Gasteiger partial charge on any atom is 0.355 e. The predicted molar refractivity (Wildman–Crippen MR) is 104 cm³/mol. The minimum atomic E-state index is -0.455. The maximum absolute atomic E-state index is 12.7. The molecule has 6 heteroatoms. The van der Waals surface area contributed by atoms with E-state index in [1.54, 1.807) is 6.92 Å². The third kappa shape index (κ3) is 4.25. The number of aromatic amines is 1. The van der Waals surface area contributed by atoms with Gasteiger partial charge < -0.3 is 14.5 Å². The second-order valence-electron chi connectivity index (χ2n) is 6.78. The highest BCUT2D eigenvalue weighted by molar-refractivity contribution is 6.31. The second kappa shape index (κ2) is 8.72. The molecule has 0 spiro atoms. The summed E-state index contributed by atoms with van der Waals surface area (Å²) in [4.78, 5) is 28.2. The van der Waals surface area contributed by atoms with E-state index >= 15 is 0 Å². The highest BCUT2D eigenvalue weighted by Crippen LogP contribution is 2.37. The van der Waals surface area contributed by atoms with E-state index in [-0.39, 0.29) is 18.3 Å². The third-order valence-corrected chi connectivity index (χ3v) is 5.19. The number of fused-ring (bicyclic) bond motifs is 1. The number of esters is 1. The molecule has 1 aliphatic rings. The molecule has 1 aromatic carbocycles. The van der Waals surface area contributed by atoms with Crippen molar-refractivity contribution in [2.45, 2.75) is 39.0 Å². The lowest BCUT2D eigenvalue weighted by Crippen LogP contribution is -2.18. The highest BCUT2D eigenvalue weighted by Gasteiger charge is 2.32. The molecule has 0 saturated heterocycles. The van der Waals surface area contributed by atoms with Crippen LogP contribution in [0.4, 0.5) is 0 Å². The quantitative estimate of drug-likeness (QED) is 0.560. The van der Waals surface area contributed by atoms with Crippen LogP contribution in [0.15, 0.2) is 24.3 Å². The molecule has 0 aliphatic heterocycles. The van der Waals surface area contributed by atoms with Gasteiger partial charge in [0.05, 0.1) is 6.61 Å². The van der Waals surface area contributed by atoms with Crippen LogP contribution >= 0.6 is 11.6 Å². The first kappa shape index (κ1) is 19.6. The molecule has 1 N–H and O–H groups in total. The van der Waals surface area contributed by atoms with Crippen molar-refractivity contribution in [1.29, 1.82) is 0 Å². The third-order valence-electron chi connectivity index (χ3n) is 4.85. The molecule has 1 aliphatic carbocycles. The second-order valence-corrected chi connectivity index (χ2v) is 7.18. The van der Waals surface area contributed by atoms with Crippen molar-refractivity contribution < 1.29 is 19.1 Å². The Balaban J connectivity index is 1.75. The summed E-state index contributed by atoms with van der Waals surface area (Å²) < 4.78 is 10.6. The Labute approximate surface area is 164 Å². The molecule has 1 heterocycles. The van der Waals surface area contributed by atoms with Gasteiger partial charge in [-0.25, -0.2) is 4.79 Å². The number of benzene rings is 1. The standard InChI is InChI=1S/C21H24ClNO4/c1-3-8-26-9-10-27-21(25)20-13(2)19-17(23-20)11-14(12-18(19)24)15-6-4-5-7-16(15)22/h4-7,14,23H,3,8-12H2,1-2H3. The summed E-state index contributed by atoms with van der Waals surface area (Å²) in [5.74, 6) is -0.424. The summed E-state index contributed by atoms with van der Waals surface area (Å²) in [5, 5.41) is 0.661. The van der Waals surface area contributed by atoms with Crippen molar-refractivity contribution >= 4 is 23.4 Å². The molecule has 1 unspecified atom stereocenters. The van der Waals surface area contributed by atoms with E-state index in [2.05, 4.69) is 4.98 Å². The number of nitrogens with one attached hydrogen (secondary N) is 1. The zero-order valence-electron chi connectivity index (χ0n) is 15.6. The molecule has 1 aromatic heterocycles. The van der Waals surface area contributed by atoms with Gasteiger partial charge in [-0.05, 0) is 42.9 Å². The molecule has 144 valence electrons. The summed E-state index contributed by atoms with van der Waals surface area (Å²) in [6.45, 7) is 5.01. The number of ketones is 1. The number of H-pyrrole nitrogens is 1. The van der Waals surface area contributed by atoms with Crippen molar-refractivity contribution in [2.24, 2.45) is 0 Å². The lowest BCUT2D eigenvalue weighted by Gasteiger charge is -2.22. The average Bonchev–Trinajstić information content (AvgIpc) is 2.99. The number of rotatable bonds is 7. The van der Waals surface area contributed by atoms with E-state index in [0.717, 1.165) is 17.7 Å². The number of halogens is 1. The minimum Gasteiger partial charge on any atom is -0.459 e. The first-order valence-electron chi connectivity index (χ1n) is 9.26. The molecule has 0 amide bonds. The predicted octanol–water partition coefficient (Wildman–Crippen LogP) is 4.47. The van der Waals surface area contributed by atoms with Crippen LogP contribution < -0.4 is 0 Å². The summed E-state index contributed by atoms with van der Waals surface area (Å²) in [6.07, 6.45) is 1.94. The number of hydrogen-bond donors (Lipinski definition) is 1. The number of carbonyl (C=O) groups is 2. The van der Waals surface area contributed by atoms with Crippen LogP contribution in [0.25, 0.3) is 0 Å². The van der Waals surface area contributed by atoms with E-state index in [4.69, 9.17) is 21.1 Å². The molecule has 0 radical (unpaired) electrons. The molecular weight excluding hydrogens is 366 g/mol. The topological polar surface area (TPSA) is 68.4 Å². The monoisotopic (exact) mass is 389 g/mol. The fourth-order valence-corrected chi connectivity index (χ4v) is 3.87. The Morgan fingerprint density at radius 2 is 2.00 bits per heavy atom. The number of aromatic nitrogens is 1. The Morgan fingerprint density at radius 1 is 1.22 bits per heavy atom. The largest absolute Gasteiger partial charge is 0.459 e. The Morgan fingerprint density at radius 3 is 2.74 bits per heavy atom. The molecule has 2 aromatic rings. The zero-order valence-corrected chi connectivity index (χ0v) is 16.4. The number of carbonyl (C=O) groups excluding carboxylic acids is 2. The van der Waals surface area contributed by atoms with Crippen molar-refractivity contribution in [2.75, 3.05) is 19.8 Å². The lowest BCUT2D eigenvalue weighted by atomic mass is 9.81. The molecule has 1 atom stereocenters. The SMILES string of the molecule is CCCOCCOC(=O)c1[nH]c2c(c1C)C(=O)CC(c1ccccc1Cl)C2. The van der Waals surface area contributed by atoms with Gasteiger partial charge in [-0.3, -0.25) is 4.79 Å². The zero-order chi connectivity index (χ0) is 19.4. The number of hydrogen-bond acceptors (Lipinski definition) is 4. The van der Waals surface area contributed by atoms with E-state index in [0.29, 0.717) is 47.9 Å². The van der Waals surface area contributed by atoms with Crippen LogP contribution in [-0.4, -0.2) is 36.6 Å². The van der Waals surface area contributed by atoms with Crippen molar-refractivity contribution in [1.82, 2.24) is 4.98 Å². The molecule has 0 bridgehead atoms. The normalized spacial score (nSPS) is 16.3. The summed E-state index contributed by atoms with van der Waals surface area (Å²) >= 11 is 6.31. The number of Topliss-reactive ketones (excluding diaryl/α,β-unsaturated/α-hetero) is 1. The molecule has 5 nitrogen and oxygen atoms in total. The Hall–Kier alpha value is -2.11. The fourth-order valence-electron chi connectivity index (χ4n) is 3.58. The smallest absolute Gasteiger partial charge is 0.355 e. The van der Waals surface area contributed by atoms with Gasteiger partial charge in [0.25, 0.3) is 0 Å². The summed E-state index contributed by atoms with van der Waals surface area (Å²) in [7, 11) is 0. The van der Waals surface area contributed by atoms with E-state index in [1.807, 2.05) is 31.2 Å². The van der Waals surface area contributed by atoms with Gasteiger partial charge in [-0.1, -0.05) is 36.7 Å². The van der Waals surface area contributed by atoms with Gasteiger partial charge in [-0.15, -0.1) is 0 Å². The van der Waals surface area contributed by atoms with Crippen LogP contribution in [0.1, 0.15) is 63.4 Å².